The molecule has 0 fully saturated rings. The Morgan fingerprint density at radius 3 is 1.37 bits per heavy atom. The van der Waals surface area contributed by atoms with E-state index >= 15 is 0 Å². The Morgan fingerprint density at radius 2 is 1.03 bits per heavy atom. The Bertz CT molecular complexity index is 1090. The Balaban J connectivity index is 1.82. The highest BCUT2D eigenvalue weighted by Crippen LogP contribution is 2.58. The molecule has 0 heterocycles. The van der Waals surface area contributed by atoms with Crippen molar-refractivity contribution in [3.8, 4) is 0 Å². The summed E-state index contributed by atoms with van der Waals surface area (Å²) in [4.78, 5) is 0. The summed E-state index contributed by atoms with van der Waals surface area (Å²) in [7, 11) is -3.06. The Morgan fingerprint density at radius 1 is 0.629 bits per heavy atom. The maximum absolute atomic E-state index is 6.50. The fourth-order valence-corrected chi connectivity index (χ4v) is 10.2. The third-order valence-electron chi connectivity index (χ3n) is 6.49. The zero-order valence-corrected chi connectivity index (χ0v) is 23.7. The molecule has 4 rings (SSSR count). The first-order chi connectivity index (χ1) is 16.8. The van der Waals surface area contributed by atoms with E-state index < -0.39 is 16.3 Å². The molecule has 0 aliphatic heterocycles. The molecule has 180 valence electrons. The molecule has 0 aromatic heterocycles. The minimum Gasteiger partial charge on any atom is -0.413 e. The van der Waals surface area contributed by atoms with Crippen LogP contribution in [0.2, 0.25) is 13.1 Å². The summed E-state index contributed by atoms with van der Waals surface area (Å²) in [5.74, 6) is 0. The van der Waals surface area contributed by atoms with Gasteiger partial charge in [-0.1, -0.05) is 99.6 Å². The number of hydrogen-bond donors (Lipinski definition) is 0. The van der Waals surface area contributed by atoms with Crippen LogP contribution in [0.15, 0.2) is 115 Å². The fraction of sp³-hybridized carbons (Fsp3) is 0.250. The number of hydrogen-bond acceptors (Lipinski definition) is 1. The molecule has 0 aliphatic carbocycles. The average molecular weight is 498 g/mol. The molecule has 1 atom stereocenters. The van der Waals surface area contributed by atoms with E-state index in [1.165, 1.54) is 27.0 Å². The van der Waals surface area contributed by atoms with Crippen molar-refractivity contribution in [1.82, 2.24) is 0 Å². The minimum absolute atomic E-state index is 0.0632. The Hall–Kier alpha value is -2.51. The number of rotatable bonds is 8. The second kappa shape index (κ2) is 11.0. The maximum Gasteiger partial charge on any atom is 0.171 e. The van der Waals surface area contributed by atoms with Gasteiger partial charge >= 0.3 is 0 Å². The Kier molecular flexibility index (Phi) is 8.07. The van der Waals surface area contributed by atoms with Gasteiger partial charge in [-0.3, -0.25) is 0 Å². The van der Waals surface area contributed by atoms with Gasteiger partial charge in [-0.15, -0.1) is 0 Å². The summed E-state index contributed by atoms with van der Waals surface area (Å²) in [6.45, 7) is 11.3. The zero-order valence-electron chi connectivity index (χ0n) is 21.7. The first-order valence-corrected chi connectivity index (χ1v) is 17.4. The van der Waals surface area contributed by atoms with Gasteiger partial charge in [0.2, 0.25) is 0 Å². The molecular formula is C32H38OPSi+. The standard InChI is InChI=1S/C32H38OPSi/c1-32(2,3)31(33-35(4)5)27-23-21-26(22-24-27)25-34(28-15-9-6-10-16-28,29-17-11-7-12-18-29)30-19-13-8-14-20-30/h6-24,31,35H,25H2,1-5H3/q+1. The summed E-state index contributed by atoms with van der Waals surface area (Å²) in [6.07, 6.45) is 1.12. The summed E-state index contributed by atoms with van der Waals surface area (Å²) < 4.78 is 6.50. The highest BCUT2D eigenvalue weighted by Gasteiger charge is 2.45. The molecule has 0 spiro atoms. The lowest BCUT2D eigenvalue weighted by atomic mass is 9.85. The van der Waals surface area contributed by atoms with Crippen molar-refractivity contribution in [3.63, 3.8) is 0 Å². The number of benzene rings is 4. The average Bonchev–Trinajstić information content (AvgIpc) is 2.87. The molecule has 0 aliphatic rings. The molecule has 0 N–H and O–H groups in total. The van der Waals surface area contributed by atoms with Gasteiger partial charge in [0, 0.05) is 0 Å². The highest BCUT2D eigenvalue weighted by molar-refractivity contribution is 7.95. The van der Waals surface area contributed by atoms with Gasteiger partial charge in [-0.25, -0.2) is 0 Å². The monoisotopic (exact) mass is 497 g/mol. The van der Waals surface area contributed by atoms with Crippen molar-refractivity contribution >= 4 is 32.2 Å². The van der Waals surface area contributed by atoms with Crippen LogP contribution in [0.4, 0.5) is 0 Å². The van der Waals surface area contributed by atoms with Crippen LogP contribution in [0.5, 0.6) is 0 Å². The molecular weight excluding hydrogens is 459 g/mol. The normalized spacial score (nSPS) is 13.1. The lowest BCUT2D eigenvalue weighted by Gasteiger charge is -2.33. The van der Waals surface area contributed by atoms with E-state index in [-0.39, 0.29) is 11.5 Å². The third kappa shape index (κ3) is 5.84. The summed E-state index contributed by atoms with van der Waals surface area (Å²) >= 11 is 0. The lowest BCUT2D eigenvalue weighted by molar-refractivity contribution is 0.0866. The van der Waals surface area contributed by atoms with Crippen molar-refractivity contribution < 1.29 is 4.43 Å². The van der Waals surface area contributed by atoms with Crippen molar-refractivity contribution in [2.24, 2.45) is 5.41 Å². The minimum atomic E-state index is -1.89. The van der Waals surface area contributed by atoms with Gasteiger partial charge in [0.25, 0.3) is 0 Å². The van der Waals surface area contributed by atoms with E-state index in [0.29, 0.717) is 0 Å². The van der Waals surface area contributed by atoms with Crippen molar-refractivity contribution in [3.05, 3.63) is 126 Å². The third-order valence-corrected chi connectivity index (χ3v) is 11.7. The molecule has 35 heavy (non-hydrogen) atoms. The van der Waals surface area contributed by atoms with Gasteiger partial charge in [0.15, 0.2) is 9.04 Å². The molecule has 4 aromatic rings. The first kappa shape index (κ1) is 25.6. The summed E-state index contributed by atoms with van der Waals surface area (Å²) in [6, 6.07) is 42.6. The molecule has 0 radical (unpaired) electrons. The van der Waals surface area contributed by atoms with Gasteiger partial charge in [0.05, 0.1) is 12.3 Å². The molecule has 0 bridgehead atoms. The molecule has 0 saturated carbocycles. The van der Waals surface area contributed by atoms with Gasteiger partial charge in [-0.2, -0.15) is 0 Å². The molecule has 1 unspecified atom stereocenters. The smallest absolute Gasteiger partial charge is 0.171 e. The van der Waals surface area contributed by atoms with Crippen LogP contribution < -0.4 is 15.9 Å². The van der Waals surface area contributed by atoms with Gasteiger partial charge in [0.1, 0.15) is 23.2 Å². The van der Waals surface area contributed by atoms with Crippen LogP contribution in [-0.2, 0) is 10.6 Å². The van der Waals surface area contributed by atoms with Crippen LogP contribution in [-0.4, -0.2) is 9.04 Å². The first-order valence-electron chi connectivity index (χ1n) is 12.6. The van der Waals surface area contributed by atoms with Crippen molar-refractivity contribution in [2.75, 3.05) is 0 Å². The predicted octanol–water partition coefficient (Wildman–Crippen LogP) is 7.27. The second-order valence-electron chi connectivity index (χ2n) is 10.6. The predicted molar refractivity (Wildman–Crippen MR) is 157 cm³/mol. The highest BCUT2D eigenvalue weighted by atomic mass is 31.2. The second-order valence-corrected chi connectivity index (χ2v) is 16.5. The molecule has 0 saturated heterocycles. The quantitative estimate of drug-likeness (QED) is 0.184. The van der Waals surface area contributed by atoms with Crippen LogP contribution in [0.25, 0.3) is 0 Å². The molecule has 1 nitrogen and oxygen atoms in total. The summed E-state index contributed by atoms with van der Waals surface area (Å²) in [5, 5.41) is 4.26. The van der Waals surface area contributed by atoms with Gasteiger partial charge in [-0.05, 0) is 66.0 Å². The van der Waals surface area contributed by atoms with Crippen LogP contribution in [0.1, 0.15) is 38.0 Å². The van der Waals surface area contributed by atoms with Crippen LogP contribution in [0.3, 0.4) is 0 Å². The molecule has 3 heteroatoms. The van der Waals surface area contributed by atoms with Gasteiger partial charge < -0.3 is 4.43 Å². The largest absolute Gasteiger partial charge is 0.413 e. The van der Waals surface area contributed by atoms with E-state index in [9.17, 15) is 0 Å². The van der Waals surface area contributed by atoms with E-state index in [1.807, 2.05) is 0 Å². The molecule has 4 aromatic carbocycles. The topological polar surface area (TPSA) is 9.23 Å². The SMILES string of the molecule is C[SiH](C)OC(c1ccc(C[P+](c2ccccc2)(c2ccccc2)c2ccccc2)cc1)C(C)(C)C. The van der Waals surface area contributed by atoms with Crippen LogP contribution in [0, 0.1) is 5.41 Å². The van der Waals surface area contributed by atoms with E-state index in [0.717, 1.165) is 6.16 Å². The van der Waals surface area contributed by atoms with Crippen molar-refractivity contribution in [1.29, 1.82) is 0 Å². The zero-order chi connectivity index (χ0) is 24.9. The molecule has 0 amide bonds. The van der Waals surface area contributed by atoms with E-state index in [2.05, 4.69) is 149 Å². The van der Waals surface area contributed by atoms with E-state index in [4.69, 9.17) is 4.43 Å². The summed E-state index contributed by atoms with van der Waals surface area (Å²) in [5.41, 5.74) is 2.71. The Labute approximate surface area is 214 Å². The van der Waals surface area contributed by atoms with Crippen LogP contribution >= 0.6 is 7.26 Å². The van der Waals surface area contributed by atoms with Crippen molar-refractivity contribution in [2.45, 2.75) is 46.1 Å². The van der Waals surface area contributed by atoms with E-state index in [1.54, 1.807) is 0 Å². The lowest BCUT2D eigenvalue weighted by Crippen LogP contribution is -2.32. The maximum atomic E-state index is 6.50. The fourth-order valence-electron chi connectivity index (χ4n) is 4.90.